The zero-order chi connectivity index (χ0) is 11.5. The first-order chi connectivity index (χ1) is 7.70. The molecule has 0 amide bonds. The SMILES string of the molecule is CCOC1=CN(c2ccc(C)s2)C(C)C=C1. The fourth-order valence-corrected chi connectivity index (χ4v) is 2.63. The molecule has 2 rings (SSSR count). The maximum absolute atomic E-state index is 5.53. The molecular formula is C13H17NOS. The van der Waals surface area contributed by atoms with Gasteiger partial charge in [0.25, 0.3) is 0 Å². The highest BCUT2D eigenvalue weighted by Crippen LogP contribution is 2.30. The van der Waals surface area contributed by atoms with Crippen molar-refractivity contribution in [1.29, 1.82) is 0 Å². The van der Waals surface area contributed by atoms with Gasteiger partial charge in [-0.05, 0) is 39.0 Å². The fraction of sp³-hybridized carbons (Fsp3) is 0.385. The second-order valence-electron chi connectivity index (χ2n) is 3.86. The van der Waals surface area contributed by atoms with Crippen molar-refractivity contribution < 1.29 is 4.74 Å². The largest absolute Gasteiger partial charge is 0.492 e. The smallest absolute Gasteiger partial charge is 0.135 e. The van der Waals surface area contributed by atoms with Crippen LogP contribution < -0.4 is 4.90 Å². The molecule has 0 fully saturated rings. The number of allylic oxidation sites excluding steroid dienone is 1. The first-order valence-electron chi connectivity index (χ1n) is 5.58. The minimum atomic E-state index is 0.391. The van der Waals surface area contributed by atoms with E-state index < -0.39 is 0 Å². The molecule has 0 radical (unpaired) electrons. The lowest BCUT2D eigenvalue weighted by Gasteiger charge is -2.27. The summed E-state index contributed by atoms with van der Waals surface area (Å²) in [6.45, 7) is 7.03. The minimum Gasteiger partial charge on any atom is -0.492 e. The molecule has 2 heterocycles. The third kappa shape index (κ3) is 2.30. The Kier molecular flexibility index (Phi) is 3.34. The molecule has 0 saturated heterocycles. The molecule has 0 saturated carbocycles. The molecule has 0 aromatic carbocycles. The number of ether oxygens (including phenoxy) is 1. The molecule has 1 aromatic rings. The first kappa shape index (κ1) is 11.3. The summed E-state index contributed by atoms with van der Waals surface area (Å²) in [6.07, 6.45) is 6.30. The predicted molar refractivity (Wildman–Crippen MR) is 69.8 cm³/mol. The Hall–Kier alpha value is -1.22. The predicted octanol–water partition coefficient (Wildman–Crippen LogP) is 3.70. The van der Waals surface area contributed by atoms with E-state index in [9.17, 15) is 0 Å². The minimum absolute atomic E-state index is 0.391. The van der Waals surface area contributed by atoms with Gasteiger partial charge in [-0.15, -0.1) is 11.3 Å². The van der Waals surface area contributed by atoms with Crippen LogP contribution in [0.3, 0.4) is 0 Å². The van der Waals surface area contributed by atoms with Crippen molar-refractivity contribution in [2.45, 2.75) is 26.8 Å². The standard InChI is InChI=1S/C13H17NOS/c1-4-15-12-7-5-10(2)14(9-12)13-8-6-11(3)16-13/h5-10H,4H2,1-3H3. The zero-order valence-corrected chi connectivity index (χ0v) is 10.8. The lowest BCUT2D eigenvalue weighted by molar-refractivity contribution is 0.240. The Morgan fingerprint density at radius 3 is 2.88 bits per heavy atom. The average molecular weight is 235 g/mol. The van der Waals surface area contributed by atoms with Crippen molar-refractivity contribution in [3.8, 4) is 0 Å². The number of hydrogen-bond donors (Lipinski definition) is 0. The van der Waals surface area contributed by atoms with Crippen LogP contribution in [-0.2, 0) is 4.74 Å². The lowest BCUT2D eigenvalue weighted by atomic mass is 10.2. The molecule has 2 nitrogen and oxygen atoms in total. The highest BCUT2D eigenvalue weighted by molar-refractivity contribution is 7.16. The summed E-state index contributed by atoms with van der Waals surface area (Å²) >= 11 is 1.81. The Labute approximate surface area is 101 Å². The summed E-state index contributed by atoms with van der Waals surface area (Å²) < 4.78 is 5.53. The molecule has 16 heavy (non-hydrogen) atoms. The van der Waals surface area contributed by atoms with Gasteiger partial charge in [0.2, 0.25) is 0 Å². The number of anilines is 1. The molecular weight excluding hydrogens is 218 g/mol. The first-order valence-corrected chi connectivity index (χ1v) is 6.40. The summed E-state index contributed by atoms with van der Waals surface area (Å²) in [6, 6.07) is 4.71. The van der Waals surface area contributed by atoms with Gasteiger partial charge < -0.3 is 9.64 Å². The average Bonchev–Trinajstić information content (AvgIpc) is 2.68. The molecule has 0 aliphatic carbocycles. The van der Waals surface area contributed by atoms with Crippen molar-refractivity contribution >= 4 is 16.3 Å². The van der Waals surface area contributed by atoms with Gasteiger partial charge in [-0.3, -0.25) is 0 Å². The van der Waals surface area contributed by atoms with Crippen LogP contribution in [0, 0.1) is 6.92 Å². The van der Waals surface area contributed by atoms with Crippen LogP contribution in [0.5, 0.6) is 0 Å². The number of thiophene rings is 1. The highest BCUT2D eigenvalue weighted by Gasteiger charge is 2.16. The van der Waals surface area contributed by atoms with Crippen LogP contribution in [0.25, 0.3) is 0 Å². The van der Waals surface area contributed by atoms with Crippen molar-refractivity contribution in [3.63, 3.8) is 0 Å². The van der Waals surface area contributed by atoms with Gasteiger partial charge in [0, 0.05) is 11.1 Å². The van der Waals surface area contributed by atoms with Crippen LogP contribution in [0.1, 0.15) is 18.7 Å². The van der Waals surface area contributed by atoms with Gasteiger partial charge in [0.1, 0.15) is 5.76 Å². The van der Waals surface area contributed by atoms with E-state index in [-0.39, 0.29) is 0 Å². The third-order valence-corrected chi connectivity index (χ3v) is 3.55. The van der Waals surface area contributed by atoms with E-state index >= 15 is 0 Å². The van der Waals surface area contributed by atoms with Gasteiger partial charge >= 0.3 is 0 Å². The summed E-state index contributed by atoms with van der Waals surface area (Å²) in [7, 11) is 0. The Bertz CT molecular complexity index is 419. The van der Waals surface area contributed by atoms with Crippen molar-refractivity contribution in [3.05, 3.63) is 41.1 Å². The molecule has 1 aromatic heterocycles. The summed E-state index contributed by atoms with van der Waals surface area (Å²) in [5.74, 6) is 0.937. The molecule has 1 aliphatic heterocycles. The number of hydrogen-bond acceptors (Lipinski definition) is 3. The Balaban J connectivity index is 2.23. The molecule has 0 bridgehead atoms. The Morgan fingerprint density at radius 2 is 2.25 bits per heavy atom. The van der Waals surface area contributed by atoms with Crippen LogP contribution in [0.15, 0.2) is 36.2 Å². The second kappa shape index (κ2) is 4.74. The van der Waals surface area contributed by atoms with E-state index in [4.69, 9.17) is 4.74 Å². The van der Waals surface area contributed by atoms with Gasteiger partial charge in [-0.25, -0.2) is 0 Å². The zero-order valence-electron chi connectivity index (χ0n) is 9.93. The molecule has 1 aliphatic rings. The molecule has 1 unspecified atom stereocenters. The van der Waals surface area contributed by atoms with E-state index in [2.05, 4.69) is 43.2 Å². The summed E-state index contributed by atoms with van der Waals surface area (Å²) in [5.41, 5.74) is 0. The van der Waals surface area contributed by atoms with Gasteiger partial charge in [0.15, 0.2) is 0 Å². The van der Waals surface area contributed by atoms with E-state index in [1.165, 1.54) is 9.88 Å². The highest BCUT2D eigenvalue weighted by atomic mass is 32.1. The van der Waals surface area contributed by atoms with Crippen molar-refractivity contribution in [1.82, 2.24) is 0 Å². The monoisotopic (exact) mass is 235 g/mol. The van der Waals surface area contributed by atoms with Gasteiger partial charge in [0.05, 0.1) is 17.6 Å². The Morgan fingerprint density at radius 1 is 1.44 bits per heavy atom. The number of nitrogens with zero attached hydrogens (tertiary/aromatic N) is 1. The van der Waals surface area contributed by atoms with E-state index in [0.717, 1.165) is 5.76 Å². The fourth-order valence-electron chi connectivity index (χ4n) is 1.70. The second-order valence-corrected chi connectivity index (χ2v) is 5.12. The van der Waals surface area contributed by atoms with Crippen molar-refractivity contribution in [2.24, 2.45) is 0 Å². The van der Waals surface area contributed by atoms with Crippen LogP contribution in [0.4, 0.5) is 5.00 Å². The van der Waals surface area contributed by atoms with Crippen molar-refractivity contribution in [2.75, 3.05) is 11.5 Å². The normalized spacial score (nSPS) is 19.8. The van der Waals surface area contributed by atoms with E-state index in [1.54, 1.807) is 0 Å². The quantitative estimate of drug-likeness (QED) is 0.792. The molecule has 1 atom stereocenters. The molecule has 3 heteroatoms. The van der Waals surface area contributed by atoms with Gasteiger partial charge in [-0.1, -0.05) is 6.08 Å². The third-order valence-electron chi connectivity index (χ3n) is 2.54. The van der Waals surface area contributed by atoms with Crippen LogP contribution in [0.2, 0.25) is 0 Å². The number of rotatable bonds is 3. The lowest BCUT2D eigenvalue weighted by Crippen LogP contribution is -2.28. The summed E-state index contributed by atoms with van der Waals surface area (Å²) in [4.78, 5) is 3.59. The molecule has 86 valence electrons. The molecule has 0 spiro atoms. The summed E-state index contributed by atoms with van der Waals surface area (Å²) in [5, 5.41) is 1.27. The molecule has 0 N–H and O–H groups in total. The van der Waals surface area contributed by atoms with Crippen LogP contribution >= 0.6 is 11.3 Å². The van der Waals surface area contributed by atoms with Crippen LogP contribution in [-0.4, -0.2) is 12.6 Å². The maximum Gasteiger partial charge on any atom is 0.135 e. The van der Waals surface area contributed by atoms with E-state index in [0.29, 0.717) is 12.6 Å². The van der Waals surface area contributed by atoms with Gasteiger partial charge in [-0.2, -0.15) is 0 Å². The number of aryl methyl sites for hydroxylation is 1. The topological polar surface area (TPSA) is 12.5 Å². The van der Waals surface area contributed by atoms with E-state index in [1.807, 2.05) is 24.3 Å². The maximum atomic E-state index is 5.53.